The Bertz CT molecular complexity index is 3790. The molecule has 4 heterocycles. The quantitative estimate of drug-likeness (QED) is 0.0226. The first-order chi connectivity index (χ1) is 59.9. The number of anilines is 1. The fourth-order valence-corrected chi connectivity index (χ4v) is 16.6. The molecule has 10 amide bonds. The van der Waals surface area contributed by atoms with Crippen molar-refractivity contribution in [3.05, 3.63) is 82.3 Å². The van der Waals surface area contributed by atoms with Crippen LogP contribution < -0.4 is 27.0 Å². The number of methoxy groups -OCH3 is 1. The molecular weight excluding hydrogens is 1640 g/mol. The number of carbonyl (C=O) groups is 13. The smallest absolute Gasteiger partial charge is 0.411 e. The van der Waals surface area contributed by atoms with Crippen LogP contribution in [-0.4, -0.2) is 293 Å². The number of urea groups is 1. The largest absolute Gasteiger partial charge is 0.431 e. The molecule has 2 aromatic carbocycles. The van der Waals surface area contributed by atoms with Gasteiger partial charge in [0.2, 0.25) is 41.5 Å². The van der Waals surface area contributed by atoms with E-state index in [4.69, 9.17) is 34.2 Å². The Morgan fingerprint density at radius 1 is 0.683 bits per heavy atom. The number of nitrogens with two attached hydrogens (primary N) is 1. The molecule has 0 bridgehead atoms. The molecule has 3 aliphatic heterocycles. The zero-order chi connectivity index (χ0) is 93.7. The Morgan fingerprint density at radius 3 is 1.82 bits per heavy atom. The topological polar surface area (TPSA) is 404 Å². The van der Waals surface area contributed by atoms with Gasteiger partial charge in [0.1, 0.15) is 11.6 Å². The molecule has 0 radical (unpaired) electrons. The summed E-state index contributed by atoms with van der Waals surface area (Å²) in [4.78, 5) is 184. The number of Topliss-reactive ketones (excluding diaryl/α,β-unsaturated/α-hetero) is 4. The van der Waals surface area contributed by atoms with E-state index >= 15 is 0 Å². The van der Waals surface area contributed by atoms with Crippen molar-refractivity contribution >= 4 is 93.6 Å². The lowest BCUT2D eigenvalue weighted by Gasteiger charge is -2.41. The average molecular weight is 1790 g/mol. The molecule has 126 heavy (non-hydrogen) atoms. The van der Waals surface area contributed by atoms with Gasteiger partial charge in [-0.15, -0.1) is 11.3 Å². The molecule has 0 aliphatic carbocycles. The third-order valence-electron chi connectivity index (χ3n) is 23.4. The number of ketones is 4. The summed E-state index contributed by atoms with van der Waals surface area (Å²) in [6.07, 6.45) is 3.25. The third kappa shape index (κ3) is 37.9. The van der Waals surface area contributed by atoms with E-state index in [2.05, 4.69) is 64.1 Å². The number of nitrogens with zero attached hydrogens (tertiary/aromatic N) is 7. The van der Waals surface area contributed by atoms with Gasteiger partial charge in [-0.3, -0.25) is 57.6 Å². The van der Waals surface area contributed by atoms with Gasteiger partial charge in [-0.2, -0.15) is 0 Å². The third-order valence-corrected chi connectivity index (χ3v) is 24.3. The maximum Gasteiger partial charge on any atom is 0.411 e. The van der Waals surface area contributed by atoms with Gasteiger partial charge < -0.3 is 85.0 Å². The SMILES string of the molecule is CC(=O)[C@H](CCCNC(N)=O)CC(=O)[C@@H](NC(=O)CCOCCOCCOCCOCCNC(=O)CCN1C(=O)CCC1=O)C(C)C.CC(C)C.CC[C@H](C)[C@@H]([C@@H](CC(=O)N1CCC[C@H]1[C@H](CO)[C@@H](C)C(=O)C[C@@H](Cc1ccccc1)c1nccs1)OC)N(C)C(=O)[C@@H](CC(=O)[C@H](C(C)C)N(C)C(=O)OC(C(=O)N1CCN(C)CC1)c1ccc(NC)cc1)C(C)C. The van der Waals surface area contributed by atoms with Gasteiger partial charge in [-0.1, -0.05) is 132 Å². The highest BCUT2D eigenvalue weighted by Gasteiger charge is 2.45. The second-order valence-electron chi connectivity index (χ2n) is 34.9. The standard InChI is InChI=1S/C58H87N7O9S.C31H53N5O11.C4H10/c1-13-39(6)53(50(73-12)35-51(69)65-26-17-20-47(65)46(36-66)40(7)48(67)33-43(55-60-25-31-75-55)32-41-18-15-14-16-19-41)62(10)56(70)45(37(2)3)34-49(68)52(38(4)5)63(11)58(72)74-54(42-21-23-44(59-8)24-22-42)57(71)64-29-27-61(9)28-30-64;1-22(2)30(25(38)21-24(23(3)37)5-4-10-34-31(32)43)35-27(40)9-13-44-15-17-46-19-20-47-18-16-45-14-11-33-26(39)8-12-36-28(41)6-7-29(36)42;1-4(2)3/h14-16,18-19,21-25,31,37-40,43,45-47,50,52-54,59,66H,13,17,20,26-30,32-36H2,1-12H3;22,24,30H,4-21H2,1-3H3,(H,33,39)(H,35,40)(H3,32,34,43);4H,1-3H3/t39-,40+,43+,45-,46+,47-,50+,52-,53-,54?;24-,30+;/m01./s1. The summed E-state index contributed by atoms with van der Waals surface area (Å²) in [5, 5.41) is 24.7. The molecule has 0 saturated carbocycles. The fraction of sp³-hybridized carbons (Fsp3) is 0.699. The van der Waals surface area contributed by atoms with Crippen LogP contribution in [0.2, 0.25) is 0 Å². The maximum absolute atomic E-state index is 14.9. The first-order valence-corrected chi connectivity index (χ1v) is 45.9. The number of likely N-dealkylation sites (tertiary alicyclic amines) is 2. The molecule has 12 atom stereocenters. The number of aromatic nitrogens is 1. The zero-order valence-electron chi connectivity index (χ0n) is 78.3. The number of hydrogen-bond donors (Lipinski definition) is 6. The van der Waals surface area contributed by atoms with E-state index in [9.17, 15) is 67.4 Å². The van der Waals surface area contributed by atoms with Gasteiger partial charge in [0.05, 0.1) is 88.5 Å². The van der Waals surface area contributed by atoms with Crippen LogP contribution in [0.4, 0.5) is 15.3 Å². The highest BCUT2D eigenvalue weighted by atomic mass is 32.1. The van der Waals surface area contributed by atoms with Crippen molar-refractivity contribution < 1.29 is 95.9 Å². The molecule has 3 aliphatic rings. The molecule has 3 fully saturated rings. The summed E-state index contributed by atoms with van der Waals surface area (Å²) < 4.78 is 33.9. The number of imide groups is 1. The van der Waals surface area contributed by atoms with Crippen molar-refractivity contribution in [2.24, 2.45) is 59.0 Å². The number of piperazine rings is 1. The number of likely N-dealkylation sites (N-methyl/N-ethyl adjacent to an activating group) is 3. The minimum atomic E-state index is -1.24. The number of aliphatic hydroxyl groups is 1. The van der Waals surface area contributed by atoms with Gasteiger partial charge >= 0.3 is 12.1 Å². The molecule has 3 saturated heterocycles. The predicted octanol–water partition coefficient (Wildman–Crippen LogP) is 9.34. The number of amides is 10. The lowest BCUT2D eigenvalue weighted by Crippen LogP contribution is -2.54. The minimum absolute atomic E-state index is 0.00936. The molecule has 1 aromatic heterocycles. The number of ether oxygens (including phenoxy) is 6. The monoisotopic (exact) mass is 1790 g/mol. The van der Waals surface area contributed by atoms with E-state index in [0.29, 0.717) is 123 Å². The van der Waals surface area contributed by atoms with Crippen molar-refractivity contribution in [3.8, 4) is 0 Å². The Kier molecular flexibility index (Phi) is 51.1. The van der Waals surface area contributed by atoms with E-state index in [1.165, 1.54) is 30.2 Å². The highest BCUT2D eigenvalue weighted by molar-refractivity contribution is 7.09. The van der Waals surface area contributed by atoms with Crippen molar-refractivity contribution in [2.75, 3.05) is 152 Å². The maximum atomic E-state index is 14.9. The Labute approximate surface area is 752 Å². The van der Waals surface area contributed by atoms with Gasteiger partial charge in [-0.25, -0.2) is 14.6 Å². The normalized spacial score (nSPS) is 16.8. The fourth-order valence-electron chi connectivity index (χ4n) is 15.9. The van der Waals surface area contributed by atoms with Crippen LogP contribution in [0.15, 0.2) is 66.2 Å². The van der Waals surface area contributed by atoms with E-state index < -0.39 is 66.1 Å². The molecule has 3 aromatic rings. The highest BCUT2D eigenvalue weighted by Crippen LogP contribution is 2.36. The van der Waals surface area contributed by atoms with Crippen LogP contribution in [0.5, 0.6) is 0 Å². The Balaban J connectivity index is 0.000000559. The second kappa shape index (κ2) is 58.7. The van der Waals surface area contributed by atoms with E-state index in [1.54, 1.807) is 49.3 Å². The van der Waals surface area contributed by atoms with Crippen LogP contribution in [-0.2, 0) is 87.6 Å². The number of carbonyl (C=O) groups excluding carboxylic acids is 13. The van der Waals surface area contributed by atoms with Gasteiger partial charge in [0.25, 0.3) is 5.91 Å². The van der Waals surface area contributed by atoms with Gasteiger partial charge in [0, 0.05) is 191 Å². The van der Waals surface area contributed by atoms with Crippen LogP contribution in [0.25, 0.3) is 0 Å². The Hall–Kier alpha value is -8.70. The number of benzene rings is 2. The molecule has 1 unspecified atom stereocenters. The zero-order valence-corrected chi connectivity index (χ0v) is 79.1. The number of rotatable bonds is 55. The van der Waals surface area contributed by atoms with E-state index in [-0.39, 0.29) is 178 Å². The van der Waals surface area contributed by atoms with Gasteiger partial charge in [-0.05, 0) is 93.4 Å². The Morgan fingerprint density at radius 2 is 1.29 bits per heavy atom. The number of hydrogen-bond acceptors (Lipinski definition) is 24. The summed E-state index contributed by atoms with van der Waals surface area (Å²) in [5.74, 6) is -4.93. The molecule has 0 spiro atoms. The lowest BCUT2D eigenvalue weighted by molar-refractivity contribution is -0.148. The number of nitrogens with one attached hydrogen (secondary N) is 4. The average Bonchev–Trinajstić information content (AvgIpc) is 1.20. The summed E-state index contributed by atoms with van der Waals surface area (Å²) in [6.45, 7) is 30.7. The van der Waals surface area contributed by atoms with E-state index in [0.717, 1.165) is 33.5 Å². The molecule has 32 nitrogen and oxygen atoms in total. The predicted molar refractivity (Wildman–Crippen MR) is 484 cm³/mol. The first kappa shape index (κ1) is 110. The van der Waals surface area contributed by atoms with Crippen LogP contribution in [0, 0.1) is 53.3 Å². The number of primary amides is 1. The minimum Gasteiger partial charge on any atom is -0.431 e. The molecule has 6 rings (SSSR count). The van der Waals surface area contributed by atoms with Crippen LogP contribution in [0.3, 0.4) is 0 Å². The van der Waals surface area contributed by atoms with Crippen molar-refractivity contribution in [1.82, 2.24) is 50.3 Å². The summed E-state index contributed by atoms with van der Waals surface area (Å²) in [7, 11) is 8.55. The molecule has 33 heteroatoms. The second-order valence-corrected chi connectivity index (χ2v) is 35.8. The summed E-state index contributed by atoms with van der Waals surface area (Å²) >= 11 is 1.53. The van der Waals surface area contributed by atoms with Crippen LogP contribution in [0.1, 0.15) is 202 Å². The number of thiazole rings is 1. The molecular formula is C93H150N12O20S. The molecule has 7 N–H and O–H groups in total. The van der Waals surface area contributed by atoms with Crippen LogP contribution >= 0.6 is 11.3 Å². The lowest BCUT2D eigenvalue weighted by atomic mass is 9.80. The van der Waals surface area contributed by atoms with Crippen molar-refractivity contribution in [1.29, 1.82) is 0 Å². The summed E-state index contributed by atoms with van der Waals surface area (Å²) in [5.41, 5.74) is 7.50. The van der Waals surface area contributed by atoms with Crippen molar-refractivity contribution in [3.63, 3.8) is 0 Å². The summed E-state index contributed by atoms with van der Waals surface area (Å²) in [6, 6.07) is 13.9. The van der Waals surface area contributed by atoms with Gasteiger partial charge in [0.15, 0.2) is 11.6 Å². The first-order valence-electron chi connectivity index (χ1n) is 45.0. The van der Waals surface area contributed by atoms with Crippen molar-refractivity contribution in [2.45, 2.75) is 222 Å². The van der Waals surface area contributed by atoms with E-state index in [1.807, 2.05) is 110 Å². The molecule has 708 valence electrons. The number of aliphatic hydroxyl groups excluding tert-OH is 1.